The van der Waals surface area contributed by atoms with Gasteiger partial charge in [-0.1, -0.05) is 35.6 Å². The van der Waals surface area contributed by atoms with Crippen LogP contribution in [0.15, 0.2) is 47.3 Å². The van der Waals surface area contributed by atoms with Crippen molar-refractivity contribution < 1.29 is 8.42 Å². The smallest absolute Gasteiger partial charge is 0.261 e. The molecule has 0 saturated heterocycles. The second-order valence-corrected chi connectivity index (χ2v) is 6.97. The number of aromatic nitrogens is 2. The van der Waals surface area contributed by atoms with Gasteiger partial charge in [0.15, 0.2) is 0 Å². The topological polar surface area (TPSA) is 63.2 Å². The summed E-state index contributed by atoms with van der Waals surface area (Å²) >= 11 is 1.06. The zero-order valence-electron chi connectivity index (χ0n) is 10.4. The van der Waals surface area contributed by atoms with Crippen molar-refractivity contribution in [2.24, 2.45) is 0 Å². The highest BCUT2D eigenvalue weighted by Gasteiger charge is 2.27. The first-order chi connectivity index (χ1) is 9.05. The predicted octanol–water partition coefficient (Wildman–Crippen LogP) is 2.23. The van der Waals surface area contributed by atoms with Gasteiger partial charge >= 0.3 is 0 Å². The van der Waals surface area contributed by atoms with Crippen molar-refractivity contribution >= 4 is 27.0 Å². The molecular formula is C12H13N3O2S2. The van der Waals surface area contributed by atoms with E-state index in [0.29, 0.717) is 10.7 Å². The maximum atomic E-state index is 12.5. The molecule has 100 valence electrons. The molecule has 0 unspecified atom stereocenters. The summed E-state index contributed by atoms with van der Waals surface area (Å²) in [5.41, 5.74) is 0.579. The van der Waals surface area contributed by atoms with Gasteiger partial charge in [0.25, 0.3) is 14.4 Å². The quantitative estimate of drug-likeness (QED) is 0.794. The first-order valence-corrected chi connectivity index (χ1v) is 7.80. The third kappa shape index (κ3) is 2.82. The summed E-state index contributed by atoms with van der Waals surface area (Å²) in [7, 11) is -3.69. The predicted molar refractivity (Wildman–Crippen MR) is 75.8 cm³/mol. The third-order valence-corrected chi connectivity index (χ3v) is 5.34. The minimum absolute atomic E-state index is 0.00398. The second kappa shape index (κ2) is 5.50. The van der Waals surface area contributed by atoms with Crippen LogP contribution >= 0.6 is 11.3 Å². The molecule has 1 heterocycles. The lowest BCUT2D eigenvalue weighted by molar-refractivity contribution is 0.591. The van der Waals surface area contributed by atoms with E-state index in [1.807, 2.05) is 6.07 Å². The summed E-state index contributed by atoms with van der Waals surface area (Å²) in [6.07, 6.45) is 1.54. The Labute approximate surface area is 116 Å². The summed E-state index contributed by atoms with van der Waals surface area (Å²) in [4.78, 5) is 0. The number of anilines is 1. The largest absolute Gasteiger partial charge is 0.293 e. The highest BCUT2D eigenvalue weighted by Crippen LogP contribution is 2.25. The Bertz CT molecular complexity index is 665. The second-order valence-electron chi connectivity index (χ2n) is 3.75. The highest BCUT2D eigenvalue weighted by atomic mass is 32.2. The number of rotatable bonds is 5. The van der Waals surface area contributed by atoms with E-state index in [4.69, 9.17) is 0 Å². The Morgan fingerprint density at radius 1 is 1.32 bits per heavy atom. The number of aryl methyl sites for hydroxylation is 1. The lowest BCUT2D eigenvalue weighted by atomic mass is 10.3. The van der Waals surface area contributed by atoms with Crippen LogP contribution in [0.4, 0.5) is 5.69 Å². The van der Waals surface area contributed by atoms with Gasteiger partial charge in [-0.2, -0.15) is 8.42 Å². The molecule has 0 saturated carbocycles. The number of sulfonamides is 1. The summed E-state index contributed by atoms with van der Waals surface area (Å²) in [5.74, 6) is 0. The van der Waals surface area contributed by atoms with Crippen LogP contribution in [0.5, 0.6) is 0 Å². The fourth-order valence-electron chi connectivity index (χ4n) is 1.53. The molecule has 0 aliphatic rings. The standard InChI is InChI=1S/C12H13N3O2S2/c1-3-9-15(11-7-5-4-6-8-11)19(16,17)12-14-13-10(2)18-12/h3-8H,1,9H2,2H3. The maximum absolute atomic E-state index is 12.5. The van der Waals surface area contributed by atoms with Crippen molar-refractivity contribution in [3.8, 4) is 0 Å². The molecule has 19 heavy (non-hydrogen) atoms. The Morgan fingerprint density at radius 2 is 2.00 bits per heavy atom. The Morgan fingerprint density at radius 3 is 2.53 bits per heavy atom. The van der Waals surface area contributed by atoms with E-state index in [-0.39, 0.29) is 10.9 Å². The van der Waals surface area contributed by atoms with Gasteiger partial charge in [-0.15, -0.1) is 16.8 Å². The molecule has 0 aliphatic carbocycles. The van der Waals surface area contributed by atoms with E-state index in [0.717, 1.165) is 11.3 Å². The van der Waals surface area contributed by atoms with Crippen molar-refractivity contribution in [1.82, 2.24) is 10.2 Å². The molecular weight excluding hydrogens is 282 g/mol. The average Bonchev–Trinajstić information content (AvgIpc) is 2.84. The number of hydrogen-bond donors (Lipinski definition) is 0. The molecule has 0 atom stereocenters. The van der Waals surface area contributed by atoms with Crippen molar-refractivity contribution in [2.75, 3.05) is 10.8 Å². The lowest BCUT2D eigenvalue weighted by Gasteiger charge is -2.21. The summed E-state index contributed by atoms with van der Waals surface area (Å²) in [6, 6.07) is 8.86. The van der Waals surface area contributed by atoms with Gasteiger partial charge in [0.2, 0.25) is 0 Å². The molecule has 0 fully saturated rings. The molecule has 0 bridgehead atoms. The molecule has 0 amide bonds. The minimum Gasteiger partial charge on any atom is -0.261 e. The Hall–Kier alpha value is -1.73. The van der Waals surface area contributed by atoms with Gasteiger partial charge in [0, 0.05) is 0 Å². The molecule has 0 aliphatic heterocycles. The van der Waals surface area contributed by atoms with Crippen LogP contribution < -0.4 is 4.31 Å². The molecule has 0 radical (unpaired) electrons. The van der Waals surface area contributed by atoms with Crippen LogP contribution in [0.2, 0.25) is 0 Å². The molecule has 2 aromatic rings. The summed E-state index contributed by atoms with van der Waals surface area (Å²) in [5, 5.41) is 8.09. The van der Waals surface area contributed by atoms with Crippen LogP contribution in [0.1, 0.15) is 5.01 Å². The SMILES string of the molecule is C=CCN(c1ccccc1)S(=O)(=O)c1nnc(C)s1. The van der Waals surface area contributed by atoms with Gasteiger partial charge in [-0.3, -0.25) is 4.31 Å². The fraction of sp³-hybridized carbons (Fsp3) is 0.167. The van der Waals surface area contributed by atoms with Crippen LogP contribution in [0.25, 0.3) is 0 Å². The fourth-order valence-corrected chi connectivity index (χ4v) is 4.03. The van der Waals surface area contributed by atoms with Gasteiger partial charge in [-0.25, -0.2) is 0 Å². The summed E-state index contributed by atoms with van der Waals surface area (Å²) in [6.45, 7) is 5.50. The molecule has 0 spiro atoms. The first-order valence-electron chi connectivity index (χ1n) is 5.54. The van der Waals surface area contributed by atoms with Gasteiger partial charge < -0.3 is 0 Å². The molecule has 2 rings (SSSR count). The third-order valence-electron chi connectivity index (χ3n) is 2.36. The van der Waals surface area contributed by atoms with E-state index >= 15 is 0 Å². The number of hydrogen-bond acceptors (Lipinski definition) is 5. The Kier molecular flexibility index (Phi) is 3.96. The van der Waals surface area contributed by atoms with Gasteiger partial charge in [0.05, 0.1) is 12.2 Å². The number of nitrogens with zero attached hydrogens (tertiary/aromatic N) is 3. The zero-order chi connectivity index (χ0) is 13.9. The van der Waals surface area contributed by atoms with Crippen LogP contribution in [0.3, 0.4) is 0 Å². The van der Waals surface area contributed by atoms with E-state index < -0.39 is 10.0 Å². The Balaban J connectivity index is 2.47. The number of benzene rings is 1. The van der Waals surface area contributed by atoms with Crippen LogP contribution in [-0.2, 0) is 10.0 Å². The monoisotopic (exact) mass is 295 g/mol. The molecule has 0 N–H and O–H groups in total. The summed E-state index contributed by atoms with van der Waals surface area (Å²) < 4.78 is 26.3. The van der Waals surface area contributed by atoms with Crippen molar-refractivity contribution in [3.63, 3.8) is 0 Å². The molecule has 1 aromatic heterocycles. The van der Waals surface area contributed by atoms with Crippen LogP contribution in [0, 0.1) is 6.92 Å². The first kappa shape index (κ1) is 13.7. The van der Waals surface area contributed by atoms with Crippen LogP contribution in [-0.4, -0.2) is 25.2 Å². The van der Waals surface area contributed by atoms with E-state index in [9.17, 15) is 8.42 Å². The van der Waals surface area contributed by atoms with E-state index in [1.165, 1.54) is 4.31 Å². The number of para-hydroxylation sites is 1. The van der Waals surface area contributed by atoms with E-state index in [1.54, 1.807) is 37.3 Å². The molecule has 1 aromatic carbocycles. The van der Waals surface area contributed by atoms with Crippen molar-refractivity contribution in [2.45, 2.75) is 11.3 Å². The highest BCUT2D eigenvalue weighted by molar-refractivity contribution is 7.94. The lowest BCUT2D eigenvalue weighted by Crippen LogP contribution is -2.31. The minimum atomic E-state index is -3.69. The van der Waals surface area contributed by atoms with E-state index in [2.05, 4.69) is 16.8 Å². The molecule has 5 nitrogen and oxygen atoms in total. The van der Waals surface area contributed by atoms with Crippen molar-refractivity contribution in [1.29, 1.82) is 0 Å². The average molecular weight is 295 g/mol. The van der Waals surface area contributed by atoms with Gasteiger partial charge in [0.1, 0.15) is 5.01 Å². The van der Waals surface area contributed by atoms with Crippen molar-refractivity contribution in [3.05, 3.63) is 48.0 Å². The normalized spacial score (nSPS) is 11.2. The maximum Gasteiger partial charge on any atom is 0.293 e. The van der Waals surface area contributed by atoms with Gasteiger partial charge in [-0.05, 0) is 19.1 Å². The zero-order valence-corrected chi connectivity index (χ0v) is 12.0. The molecule has 7 heteroatoms.